The highest BCUT2D eigenvalue weighted by Gasteiger charge is 2.39. The number of hydrogen-bond acceptors (Lipinski definition) is 6. The van der Waals surface area contributed by atoms with Crippen LogP contribution in [-0.4, -0.2) is 43.3 Å². The lowest BCUT2D eigenvalue weighted by atomic mass is 10.0. The van der Waals surface area contributed by atoms with Crippen LogP contribution in [0.1, 0.15) is 37.3 Å². The molecule has 2 aromatic rings. The molecular formula is C25H28N2O5. The molecule has 2 aromatic carbocycles. The molecule has 2 amide bonds. The smallest absolute Gasteiger partial charge is 0.278 e. The Morgan fingerprint density at radius 3 is 2.50 bits per heavy atom. The molecule has 7 nitrogen and oxygen atoms in total. The lowest BCUT2D eigenvalue weighted by molar-refractivity contribution is -0.137. The standard InChI is InChI=1S/C25H28N2O5/c1-3-4-13-30-14-5-12-27-24(28)22(18-8-6-17(2)7-9-18)23(25(27)29)26-19-10-11-20-21(15-19)32-16-31-20/h6-11,15,26H,3-5,12-14,16H2,1-2H3. The summed E-state index contributed by atoms with van der Waals surface area (Å²) in [6, 6.07) is 13.0. The molecule has 0 fully saturated rings. The Bertz CT molecular complexity index is 1030. The number of hydrogen-bond donors (Lipinski definition) is 1. The summed E-state index contributed by atoms with van der Waals surface area (Å²) in [5.41, 5.74) is 3.08. The van der Waals surface area contributed by atoms with E-state index in [4.69, 9.17) is 14.2 Å². The van der Waals surface area contributed by atoms with E-state index < -0.39 is 0 Å². The van der Waals surface area contributed by atoms with Crippen LogP contribution in [0.15, 0.2) is 48.2 Å². The van der Waals surface area contributed by atoms with Gasteiger partial charge in [-0.15, -0.1) is 0 Å². The van der Waals surface area contributed by atoms with Gasteiger partial charge in [0.25, 0.3) is 11.8 Å². The third-order valence-corrected chi connectivity index (χ3v) is 5.46. The quantitative estimate of drug-likeness (QED) is 0.446. The minimum Gasteiger partial charge on any atom is -0.454 e. The number of nitrogens with one attached hydrogen (secondary N) is 1. The predicted octanol–water partition coefficient (Wildman–Crippen LogP) is 4.12. The monoisotopic (exact) mass is 436 g/mol. The van der Waals surface area contributed by atoms with Crippen LogP contribution in [0.25, 0.3) is 5.57 Å². The van der Waals surface area contributed by atoms with E-state index in [-0.39, 0.29) is 24.3 Å². The second-order valence-electron chi connectivity index (χ2n) is 7.89. The number of fused-ring (bicyclic) bond motifs is 1. The van der Waals surface area contributed by atoms with Crippen molar-refractivity contribution in [2.45, 2.75) is 33.1 Å². The van der Waals surface area contributed by atoms with Crippen LogP contribution >= 0.6 is 0 Å². The maximum Gasteiger partial charge on any atom is 0.278 e. The average Bonchev–Trinajstić information content (AvgIpc) is 3.35. The van der Waals surface area contributed by atoms with Gasteiger partial charge in [-0.25, -0.2) is 0 Å². The molecule has 0 spiro atoms. The highest BCUT2D eigenvalue weighted by atomic mass is 16.7. The minimum atomic E-state index is -0.336. The molecule has 2 aliphatic rings. The normalized spacial score (nSPS) is 15.1. The molecule has 0 saturated carbocycles. The van der Waals surface area contributed by atoms with Gasteiger partial charge in [-0.1, -0.05) is 43.2 Å². The Kier molecular flexibility index (Phi) is 6.75. The van der Waals surface area contributed by atoms with Crippen LogP contribution in [0.5, 0.6) is 11.5 Å². The first-order valence-electron chi connectivity index (χ1n) is 11.0. The van der Waals surface area contributed by atoms with Crippen LogP contribution in [0.2, 0.25) is 0 Å². The summed E-state index contributed by atoms with van der Waals surface area (Å²) >= 11 is 0. The number of rotatable bonds is 10. The molecule has 32 heavy (non-hydrogen) atoms. The van der Waals surface area contributed by atoms with E-state index in [1.807, 2.05) is 31.2 Å². The van der Waals surface area contributed by atoms with Crippen LogP contribution in [-0.2, 0) is 14.3 Å². The van der Waals surface area contributed by atoms with Gasteiger partial charge in [0, 0.05) is 31.5 Å². The Morgan fingerprint density at radius 1 is 0.969 bits per heavy atom. The highest BCUT2D eigenvalue weighted by Crippen LogP contribution is 2.36. The van der Waals surface area contributed by atoms with Gasteiger partial charge in [0.1, 0.15) is 5.70 Å². The number of anilines is 1. The number of nitrogens with zero attached hydrogens (tertiary/aromatic N) is 1. The number of unbranched alkanes of at least 4 members (excludes halogenated alkanes) is 1. The summed E-state index contributed by atoms with van der Waals surface area (Å²) < 4.78 is 16.4. The lowest BCUT2D eigenvalue weighted by Crippen LogP contribution is -2.34. The molecule has 0 radical (unpaired) electrons. The van der Waals surface area contributed by atoms with Crippen molar-refractivity contribution < 1.29 is 23.8 Å². The van der Waals surface area contributed by atoms with E-state index in [0.717, 1.165) is 18.4 Å². The number of carbonyl (C=O) groups excluding carboxylic acids is 2. The van der Waals surface area contributed by atoms with Gasteiger partial charge < -0.3 is 19.5 Å². The second-order valence-corrected chi connectivity index (χ2v) is 7.89. The van der Waals surface area contributed by atoms with Crippen molar-refractivity contribution >= 4 is 23.1 Å². The van der Waals surface area contributed by atoms with Gasteiger partial charge in [0.05, 0.1) is 5.57 Å². The van der Waals surface area contributed by atoms with Gasteiger partial charge >= 0.3 is 0 Å². The zero-order valence-corrected chi connectivity index (χ0v) is 18.5. The number of benzene rings is 2. The van der Waals surface area contributed by atoms with Gasteiger partial charge in [0.2, 0.25) is 6.79 Å². The molecule has 0 unspecified atom stereocenters. The molecule has 2 heterocycles. The molecule has 168 valence electrons. The zero-order valence-electron chi connectivity index (χ0n) is 18.5. The van der Waals surface area contributed by atoms with Crippen LogP contribution < -0.4 is 14.8 Å². The first kappa shape index (κ1) is 21.9. The number of carbonyl (C=O) groups is 2. The van der Waals surface area contributed by atoms with Gasteiger partial charge in [-0.05, 0) is 37.5 Å². The highest BCUT2D eigenvalue weighted by molar-refractivity contribution is 6.36. The first-order valence-corrected chi connectivity index (χ1v) is 11.0. The SMILES string of the molecule is CCCCOCCCN1C(=O)C(Nc2ccc3c(c2)OCO3)=C(c2ccc(C)cc2)C1=O. The van der Waals surface area contributed by atoms with E-state index in [9.17, 15) is 9.59 Å². The van der Waals surface area contributed by atoms with Crippen molar-refractivity contribution in [1.82, 2.24) is 4.90 Å². The van der Waals surface area contributed by atoms with Crippen molar-refractivity contribution in [3.05, 3.63) is 59.3 Å². The van der Waals surface area contributed by atoms with E-state index in [2.05, 4.69) is 12.2 Å². The molecule has 1 N–H and O–H groups in total. The van der Waals surface area contributed by atoms with E-state index >= 15 is 0 Å². The molecule has 2 aliphatic heterocycles. The minimum absolute atomic E-state index is 0.168. The largest absolute Gasteiger partial charge is 0.454 e. The molecule has 0 atom stereocenters. The van der Waals surface area contributed by atoms with Crippen molar-refractivity contribution in [3.8, 4) is 11.5 Å². The summed E-state index contributed by atoms with van der Waals surface area (Å²) in [4.78, 5) is 27.8. The number of imide groups is 1. The third-order valence-electron chi connectivity index (χ3n) is 5.46. The number of amides is 2. The maximum absolute atomic E-state index is 13.3. The first-order chi connectivity index (χ1) is 15.6. The molecule has 0 aliphatic carbocycles. The van der Waals surface area contributed by atoms with Crippen molar-refractivity contribution in [2.75, 3.05) is 31.9 Å². The average molecular weight is 437 g/mol. The summed E-state index contributed by atoms with van der Waals surface area (Å²) in [6.07, 6.45) is 2.67. The third kappa shape index (κ3) is 4.62. The fraction of sp³-hybridized carbons (Fsp3) is 0.360. The molecule has 7 heteroatoms. The summed E-state index contributed by atoms with van der Waals surface area (Å²) in [7, 11) is 0. The zero-order chi connectivity index (χ0) is 22.5. The van der Waals surface area contributed by atoms with Crippen molar-refractivity contribution in [1.29, 1.82) is 0 Å². The second kappa shape index (κ2) is 9.87. The fourth-order valence-corrected chi connectivity index (χ4v) is 3.67. The van der Waals surface area contributed by atoms with E-state index in [0.29, 0.717) is 54.5 Å². The Morgan fingerprint density at radius 2 is 1.72 bits per heavy atom. The van der Waals surface area contributed by atoms with Crippen LogP contribution in [0.3, 0.4) is 0 Å². The van der Waals surface area contributed by atoms with Gasteiger partial charge in [-0.3, -0.25) is 14.5 Å². The van der Waals surface area contributed by atoms with Crippen LogP contribution in [0, 0.1) is 6.92 Å². The fourth-order valence-electron chi connectivity index (χ4n) is 3.67. The molecule has 0 bridgehead atoms. The van der Waals surface area contributed by atoms with Gasteiger partial charge in [0.15, 0.2) is 11.5 Å². The van der Waals surface area contributed by atoms with E-state index in [1.54, 1.807) is 18.2 Å². The molecular weight excluding hydrogens is 408 g/mol. The van der Waals surface area contributed by atoms with E-state index in [1.165, 1.54) is 4.90 Å². The molecule has 0 saturated heterocycles. The summed E-state index contributed by atoms with van der Waals surface area (Å²) in [5.74, 6) is 0.625. The predicted molar refractivity (Wildman–Crippen MR) is 121 cm³/mol. The Balaban J connectivity index is 1.56. The molecule has 0 aromatic heterocycles. The maximum atomic E-state index is 13.3. The summed E-state index contributed by atoms with van der Waals surface area (Å²) in [5, 5.41) is 3.16. The van der Waals surface area contributed by atoms with Crippen molar-refractivity contribution in [2.24, 2.45) is 0 Å². The Labute approximate surface area is 188 Å². The Hall–Kier alpha value is -3.32. The lowest BCUT2D eigenvalue weighted by Gasteiger charge is -2.15. The topological polar surface area (TPSA) is 77.1 Å². The van der Waals surface area contributed by atoms with Crippen molar-refractivity contribution in [3.63, 3.8) is 0 Å². The number of aryl methyl sites for hydroxylation is 1. The van der Waals surface area contributed by atoms with Crippen LogP contribution in [0.4, 0.5) is 5.69 Å². The summed E-state index contributed by atoms with van der Waals surface area (Å²) in [6.45, 7) is 5.78. The van der Waals surface area contributed by atoms with Gasteiger partial charge in [-0.2, -0.15) is 0 Å². The molecule has 4 rings (SSSR count). The number of ether oxygens (including phenoxy) is 3.